The van der Waals surface area contributed by atoms with Gasteiger partial charge in [0.15, 0.2) is 0 Å². The SMILES string of the molecule is CC(C)C1CCN(C(=O)CC2CCNC2)C1. The van der Waals surface area contributed by atoms with Crippen molar-refractivity contribution in [1.29, 1.82) is 0 Å². The lowest BCUT2D eigenvalue weighted by molar-refractivity contribution is -0.131. The summed E-state index contributed by atoms with van der Waals surface area (Å²) in [6.07, 6.45) is 3.14. The second-order valence-corrected chi connectivity index (χ2v) is 5.70. The molecule has 0 spiro atoms. The lowest BCUT2D eigenvalue weighted by Gasteiger charge is -2.19. The number of carbonyl (C=O) groups is 1. The van der Waals surface area contributed by atoms with Gasteiger partial charge in [-0.3, -0.25) is 4.79 Å². The number of nitrogens with zero attached hydrogens (tertiary/aromatic N) is 1. The topological polar surface area (TPSA) is 32.3 Å². The average Bonchev–Trinajstić information content (AvgIpc) is 2.86. The molecule has 3 heteroatoms. The molecule has 0 aromatic rings. The van der Waals surface area contributed by atoms with Crippen LogP contribution in [0.3, 0.4) is 0 Å². The largest absolute Gasteiger partial charge is 0.342 e. The van der Waals surface area contributed by atoms with Crippen molar-refractivity contribution in [3.8, 4) is 0 Å². The predicted octanol–water partition coefficient (Wildman–Crippen LogP) is 1.49. The molecule has 2 aliphatic heterocycles. The fourth-order valence-corrected chi connectivity index (χ4v) is 2.82. The van der Waals surface area contributed by atoms with Crippen LogP contribution in [0.15, 0.2) is 0 Å². The van der Waals surface area contributed by atoms with Crippen LogP contribution in [-0.4, -0.2) is 37.0 Å². The molecular formula is C13H24N2O. The lowest BCUT2D eigenvalue weighted by Crippen LogP contribution is -2.31. The number of amides is 1. The molecule has 1 N–H and O–H groups in total. The number of hydrogen-bond donors (Lipinski definition) is 1. The van der Waals surface area contributed by atoms with Crippen LogP contribution in [0.25, 0.3) is 0 Å². The lowest BCUT2D eigenvalue weighted by atomic mass is 9.95. The van der Waals surface area contributed by atoms with Crippen LogP contribution in [0.1, 0.15) is 33.1 Å². The zero-order valence-corrected chi connectivity index (χ0v) is 10.5. The van der Waals surface area contributed by atoms with Crippen LogP contribution < -0.4 is 5.32 Å². The molecule has 2 rings (SSSR count). The van der Waals surface area contributed by atoms with Gasteiger partial charge in [0.25, 0.3) is 0 Å². The van der Waals surface area contributed by atoms with E-state index in [0.717, 1.165) is 38.5 Å². The van der Waals surface area contributed by atoms with E-state index in [9.17, 15) is 4.79 Å². The third-order valence-electron chi connectivity index (χ3n) is 4.15. The first-order valence-electron chi connectivity index (χ1n) is 6.65. The highest BCUT2D eigenvalue weighted by molar-refractivity contribution is 5.76. The van der Waals surface area contributed by atoms with Gasteiger partial charge in [-0.2, -0.15) is 0 Å². The van der Waals surface area contributed by atoms with Crippen molar-refractivity contribution < 1.29 is 4.79 Å². The summed E-state index contributed by atoms with van der Waals surface area (Å²) in [6, 6.07) is 0. The third kappa shape index (κ3) is 2.76. The van der Waals surface area contributed by atoms with Gasteiger partial charge in [0.05, 0.1) is 0 Å². The van der Waals surface area contributed by atoms with Crippen molar-refractivity contribution in [2.45, 2.75) is 33.1 Å². The molecule has 2 fully saturated rings. The van der Waals surface area contributed by atoms with Crippen molar-refractivity contribution >= 4 is 5.91 Å². The van der Waals surface area contributed by atoms with Crippen LogP contribution in [0.5, 0.6) is 0 Å². The molecule has 2 saturated heterocycles. The minimum absolute atomic E-state index is 0.386. The van der Waals surface area contributed by atoms with E-state index in [1.807, 2.05) is 0 Å². The van der Waals surface area contributed by atoms with Gasteiger partial charge in [0, 0.05) is 19.5 Å². The Hall–Kier alpha value is -0.570. The summed E-state index contributed by atoms with van der Waals surface area (Å²) in [4.78, 5) is 14.2. The first-order valence-corrected chi connectivity index (χ1v) is 6.65. The van der Waals surface area contributed by atoms with Gasteiger partial charge in [-0.15, -0.1) is 0 Å². The Morgan fingerprint density at radius 2 is 2.25 bits per heavy atom. The maximum Gasteiger partial charge on any atom is 0.222 e. The Labute approximate surface area is 98.6 Å². The second kappa shape index (κ2) is 5.17. The van der Waals surface area contributed by atoms with Gasteiger partial charge < -0.3 is 10.2 Å². The van der Waals surface area contributed by atoms with Crippen LogP contribution in [-0.2, 0) is 4.79 Å². The standard InChI is InChI=1S/C13H24N2O/c1-10(2)12-4-6-15(9-12)13(16)7-11-3-5-14-8-11/h10-12,14H,3-9H2,1-2H3. The van der Waals surface area contributed by atoms with E-state index in [2.05, 4.69) is 24.1 Å². The van der Waals surface area contributed by atoms with E-state index in [4.69, 9.17) is 0 Å². The Kier molecular flexibility index (Phi) is 3.85. The number of rotatable bonds is 3. The Bertz CT molecular complexity index is 246. The zero-order valence-electron chi connectivity index (χ0n) is 10.5. The van der Waals surface area contributed by atoms with Crippen molar-refractivity contribution in [2.75, 3.05) is 26.2 Å². The molecule has 16 heavy (non-hydrogen) atoms. The molecule has 0 aliphatic carbocycles. The zero-order chi connectivity index (χ0) is 11.5. The maximum absolute atomic E-state index is 12.1. The van der Waals surface area contributed by atoms with E-state index < -0.39 is 0 Å². The van der Waals surface area contributed by atoms with Crippen molar-refractivity contribution in [2.24, 2.45) is 17.8 Å². The molecule has 3 nitrogen and oxygen atoms in total. The monoisotopic (exact) mass is 224 g/mol. The molecule has 0 aromatic heterocycles. The minimum atomic E-state index is 0.386. The molecule has 2 unspecified atom stereocenters. The summed E-state index contributed by atoms with van der Waals surface area (Å²) in [7, 11) is 0. The van der Waals surface area contributed by atoms with Crippen LogP contribution in [0.2, 0.25) is 0 Å². The number of carbonyl (C=O) groups excluding carboxylic acids is 1. The first kappa shape index (κ1) is 11.9. The summed E-state index contributed by atoms with van der Waals surface area (Å²) < 4.78 is 0. The summed E-state index contributed by atoms with van der Waals surface area (Å²) >= 11 is 0. The van der Waals surface area contributed by atoms with Gasteiger partial charge in [-0.1, -0.05) is 13.8 Å². The molecule has 0 aromatic carbocycles. The molecule has 2 aliphatic rings. The summed E-state index contributed by atoms with van der Waals surface area (Å²) in [6.45, 7) is 8.64. The summed E-state index contributed by atoms with van der Waals surface area (Å²) in [5.41, 5.74) is 0. The van der Waals surface area contributed by atoms with Crippen molar-refractivity contribution in [3.63, 3.8) is 0 Å². The van der Waals surface area contributed by atoms with Crippen LogP contribution in [0, 0.1) is 17.8 Å². The highest BCUT2D eigenvalue weighted by Crippen LogP contribution is 2.25. The molecule has 0 bridgehead atoms. The van der Waals surface area contributed by atoms with E-state index in [-0.39, 0.29) is 0 Å². The average molecular weight is 224 g/mol. The van der Waals surface area contributed by atoms with E-state index in [1.54, 1.807) is 0 Å². The van der Waals surface area contributed by atoms with Crippen molar-refractivity contribution in [1.82, 2.24) is 10.2 Å². The number of nitrogens with one attached hydrogen (secondary N) is 1. The van der Waals surface area contributed by atoms with Gasteiger partial charge in [0.2, 0.25) is 5.91 Å². The summed E-state index contributed by atoms with van der Waals surface area (Å²) in [5.74, 6) is 2.42. The highest BCUT2D eigenvalue weighted by atomic mass is 16.2. The Balaban J connectivity index is 1.77. The van der Waals surface area contributed by atoms with Crippen LogP contribution in [0.4, 0.5) is 0 Å². The number of hydrogen-bond acceptors (Lipinski definition) is 2. The molecule has 0 saturated carbocycles. The highest BCUT2D eigenvalue weighted by Gasteiger charge is 2.29. The fraction of sp³-hybridized carbons (Fsp3) is 0.923. The van der Waals surface area contributed by atoms with Gasteiger partial charge >= 0.3 is 0 Å². The van der Waals surface area contributed by atoms with Gasteiger partial charge in [-0.05, 0) is 43.7 Å². The molecule has 2 heterocycles. The van der Waals surface area contributed by atoms with E-state index in [1.165, 1.54) is 12.8 Å². The molecule has 0 radical (unpaired) electrons. The third-order valence-corrected chi connectivity index (χ3v) is 4.15. The molecule has 2 atom stereocenters. The van der Waals surface area contributed by atoms with Crippen LogP contribution >= 0.6 is 0 Å². The predicted molar refractivity (Wildman–Crippen MR) is 65.1 cm³/mol. The van der Waals surface area contributed by atoms with Gasteiger partial charge in [0.1, 0.15) is 0 Å². The van der Waals surface area contributed by atoms with Gasteiger partial charge in [-0.25, -0.2) is 0 Å². The van der Waals surface area contributed by atoms with Crippen molar-refractivity contribution in [3.05, 3.63) is 0 Å². The minimum Gasteiger partial charge on any atom is -0.342 e. The Morgan fingerprint density at radius 1 is 1.44 bits per heavy atom. The Morgan fingerprint density at radius 3 is 2.81 bits per heavy atom. The molecule has 1 amide bonds. The first-order chi connectivity index (χ1) is 7.66. The smallest absolute Gasteiger partial charge is 0.222 e. The molecule has 92 valence electrons. The number of likely N-dealkylation sites (tertiary alicyclic amines) is 1. The second-order valence-electron chi connectivity index (χ2n) is 5.70. The maximum atomic E-state index is 12.1. The summed E-state index contributed by atoms with van der Waals surface area (Å²) in [5, 5.41) is 3.32. The molecular weight excluding hydrogens is 200 g/mol. The van der Waals surface area contributed by atoms with E-state index in [0.29, 0.717) is 17.7 Å². The quantitative estimate of drug-likeness (QED) is 0.788. The normalized spacial score (nSPS) is 30.3. The fourth-order valence-electron chi connectivity index (χ4n) is 2.82. The van der Waals surface area contributed by atoms with E-state index >= 15 is 0 Å².